The lowest BCUT2D eigenvalue weighted by Gasteiger charge is -2.02. The van der Waals surface area contributed by atoms with Crippen molar-refractivity contribution in [3.8, 4) is 0 Å². The molecular weight excluding hydrogens is 187 g/mol. The largest absolute Gasteiger partial charge is 0.366 e. The summed E-state index contributed by atoms with van der Waals surface area (Å²) in [5, 5.41) is 12.5. The Bertz CT molecular complexity index is 301. The second kappa shape index (κ2) is 5.11. The molecule has 0 bridgehead atoms. The van der Waals surface area contributed by atoms with Gasteiger partial charge in [-0.1, -0.05) is 0 Å². The Morgan fingerprint density at radius 3 is 2.79 bits per heavy atom. The molecule has 0 saturated heterocycles. The number of carbonyl (C=O) groups excluding carboxylic acids is 1. The maximum Gasteiger partial charge on any atom is 0.271 e. The third-order valence-corrected chi connectivity index (χ3v) is 1.52. The van der Waals surface area contributed by atoms with E-state index in [2.05, 4.69) is 20.8 Å². The molecule has 5 nitrogen and oxygen atoms in total. The van der Waals surface area contributed by atoms with E-state index in [-0.39, 0.29) is 18.1 Å². The molecule has 0 radical (unpaired) electrons. The number of aromatic nitrogens is 2. The first-order valence-corrected chi connectivity index (χ1v) is 4.13. The van der Waals surface area contributed by atoms with Crippen molar-refractivity contribution in [1.82, 2.24) is 15.5 Å². The minimum atomic E-state index is -0.473. The van der Waals surface area contributed by atoms with Crippen LogP contribution in [0.15, 0.2) is 12.1 Å². The first kappa shape index (κ1) is 10.4. The highest BCUT2D eigenvalue weighted by molar-refractivity contribution is 5.91. The fraction of sp³-hybridized carbons (Fsp3) is 0.375. The van der Waals surface area contributed by atoms with E-state index in [1.807, 2.05) is 0 Å². The van der Waals surface area contributed by atoms with E-state index in [1.165, 1.54) is 13.1 Å². The minimum absolute atomic E-state index is 0.188. The van der Waals surface area contributed by atoms with Gasteiger partial charge >= 0.3 is 0 Å². The van der Waals surface area contributed by atoms with E-state index < -0.39 is 6.67 Å². The summed E-state index contributed by atoms with van der Waals surface area (Å²) in [6.07, 6.45) is 0. The number of alkyl halides is 1. The number of hydrogen-bond donors (Lipinski definition) is 2. The molecule has 0 aliphatic carbocycles. The molecule has 1 heterocycles. The third kappa shape index (κ3) is 2.65. The van der Waals surface area contributed by atoms with Crippen LogP contribution in [0.1, 0.15) is 10.5 Å². The number of anilines is 1. The summed E-state index contributed by atoms with van der Waals surface area (Å²) in [6, 6.07) is 3.10. The lowest BCUT2D eigenvalue weighted by molar-refractivity contribution is 0.0957. The van der Waals surface area contributed by atoms with Gasteiger partial charge in [0.05, 0.1) is 0 Å². The van der Waals surface area contributed by atoms with Crippen LogP contribution in [0.25, 0.3) is 0 Å². The molecule has 1 rings (SSSR count). The normalized spacial score (nSPS) is 9.57. The van der Waals surface area contributed by atoms with Crippen molar-refractivity contribution in [3.05, 3.63) is 17.8 Å². The fourth-order valence-electron chi connectivity index (χ4n) is 0.851. The van der Waals surface area contributed by atoms with Crippen molar-refractivity contribution in [1.29, 1.82) is 0 Å². The number of nitrogens with one attached hydrogen (secondary N) is 2. The van der Waals surface area contributed by atoms with Crippen LogP contribution in [0.2, 0.25) is 0 Å². The zero-order valence-electron chi connectivity index (χ0n) is 7.75. The van der Waals surface area contributed by atoms with Crippen molar-refractivity contribution < 1.29 is 9.18 Å². The Morgan fingerprint density at radius 1 is 1.50 bits per heavy atom. The molecule has 0 aromatic carbocycles. The number of nitrogens with zero attached hydrogens (tertiary/aromatic N) is 2. The highest BCUT2D eigenvalue weighted by Crippen LogP contribution is 2.00. The lowest BCUT2D eigenvalue weighted by Crippen LogP contribution is -2.19. The van der Waals surface area contributed by atoms with Crippen molar-refractivity contribution >= 4 is 11.7 Å². The van der Waals surface area contributed by atoms with Gasteiger partial charge < -0.3 is 10.6 Å². The van der Waals surface area contributed by atoms with E-state index in [1.54, 1.807) is 6.07 Å². The topological polar surface area (TPSA) is 66.9 Å². The summed E-state index contributed by atoms with van der Waals surface area (Å²) < 4.78 is 11.8. The number of carbonyl (C=O) groups is 1. The van der Waals surface area contributed by atoms with E-state index >= 15 is 0 Å². The molecule has 2 N–H and O–H groups in total. The van der Waals surface area contributed by atoms with Crippen LogP contribution in [0.4, 0.5) is 10.2 Å². The number of amides is 1. The van der Waals surface area contributed by atoms with Crippen LogP contribution < -0.4 is 10.6 Å². The van der Waals surface area contributed by atoms with Crippen molar-refractivity contribution in [2.45, 2.75) is 0 Å². The third-order valence-electron chi connectivity index (χ3n) is 1.52. The predicted octanol–water partition coefficient (Wildman–Crippen LogP) is 0.218. The Kier molecular flexibility index (Phi) is 3.78. The fourth-order valence-corrected chi connectivity index (χ4v) is 0.851. The van der Waals surface area contributed by atoms with Gasteiger partial charge in [-0.3, -0.25) is 4.79 Å². The molecule has 6 heteroatoms. The standard InChI is InChI=1S/C8H11FN4O/c1-10-8(14)6-2-3-7(13-12-6)11-5-4-9/h2-3H,4-5H2,1H3,(H,10,14)(H,11,13). The average molecular weight is 198 g/mol. The van der Waals surface area contributed by atoms with Crippen LogP contribution in [-0.4, -0.2) is 36.4 Å². The SMILES string of the molecule is CNC(=O)c1ccc(NCCF)nn1. The van der Waals surface area contributed by atoms with Gasteiger partial charge in [-0.25, -0.2) is 4.39 Å². The maximum atomic E-state index is 11.8. The predicted molar refractivity (Wildman–Crippen MR) is 49.9 cm³/mol. The molecule has 1 amide bonds. The number of rotatable bonds is 4. The molecule has 14 heavy (non-hydrogen) atoms. The second-order valence-corrected chi connectivity index (χ2v) is 2.50. The minimum Gasteiger partial charge on any atom is -0.366 e. The molecule has 1 aromatic rings. The lowest BCUT2D eigenvalue weighted by atomic mass is 10.3. The first-order valence-electron chi connectivity index (χ1n) is 4.13. The molecular formula is C8H11FN4O. The molecule has 0 aliphatic rings. The summed E-state index contributed by atoms with van der Waals surface area (Å²) in [7, 11) is 1.51. The summed E-state index contributed by atoms with van der Waals surface area (Å²) in [6.45, 7) is -0.285. The zero-order chi connectivity index (χ0) is 10.4. The number of halogens is 1. The van der Waals surface area contributed by atoms with Gasteiger partial charge in [-0.2, -0.15) is 0 Å². The van der Waals surface area contributed by atoms with Gasteiger partial charge in [0.1, 0.15) is 12.5 Å². The Balaban J connectivity index is 2.63. The van der Waals surface area contributed by atoms with Crippen molar-refractivity contribution in [3.63, 3.8) is 0 Å². The molecule has 0 fully saturated rings. The molecule has 0 saturated carbocycles. The number of hydrogen-bond acceptors (Lipinski definition) is 4. The monoisotopic (exact) mass is 198 g/mol. The van der Waals surface area contributed by atoms with Crippen LogP contribution in [-0.2, 0) is 0 Å². The quantitative estimate of drug-likeness (QED) is 0.726. The van der Waals surface area contributed by atoms with E-state index in [9.17, 15) is 9.18 Å². The molecule has 0 aliphatic heterocycles. The van der Waals surface area contributed by atoms with Gasteiger partial charge in [0.25, 0.3) is 5.91 Å². The van der Waals surface area contributed by atoms with Gasteiger partial charge in [0.15, 0.2) is 5.69 Å². The van der Waals surface area contributed by atoms with E-state index in [4.69, 9.17) is 0 Å². The summed E-state index contributed by atoms with van der Waals surface area (Å²) in [4.78, 5) is 11.0. The Labute approximate surface area is 80.7 Å². The molecule has 1 aromatic heterocycles. The van der Waals surface area contributed by atoms with Crippen LogP contribution in [0.3, 0.4) is 0 Å². The molecule has 0 spiro atoms. The molecule has 0 unspecified atom stereocenters. The zero-order valence-corrected chi connectivity index (χ0v) is 7.75. The van der Waals surface area contributed by atoms with Gasteiger partial charge in [-0.05, 0) is 12.1 Å². The maximum absolute atomic E-state index is 11.8. The molecule has 76 valence electrons. The van der Waals surface area contributed by atoms with Crippen LogP contribution >= 0.6 is 0 Å². The summed E-state index contributed by atoms with van der Waals surface area (Å²) in [5.41, 5.74) is 0.235. The van der Waals surface area contributed by atoms with Crippen molar-refractivity contribution in [2.75, 3.05) is 25.6 Å². The van der Waals surface area contributed by atoms with E-state index in [0.717, 1.165) is 0 Å². The van der Waals surface area contributed by atoms with Gasteiger partial charge in [0, 0.05) is 13.6 Å². The summed E-state index contributed by atoms with van der Waals surface area (Å²) >= 11 is 0. The highest BCUT2D eigenvalue weighted by Gasteiger charge is 2.04. The second-order valence-electron chi connectivity index (χ2n) is 2.50. The Hall–Kier alpha value is -1.72. The van der Waals surface area contributed by atoms with E-state index in [0.29, 0.717) is 5.82 Å². The van der Waals surface area contributed by atoms with Gasteiger partial charge in [-0.15, -0.1) is 10.2 Å². The van der Waals surface area contributed by atoms with Gasteiger partial charge in [0.2, 0.25) is 0 Å². The Morgan fingerprint density at radius 2 is 2.29 bits per heavy atom. The van der Waals surface area contributed by atoms with Crippen molar-refractivity contribution in [2.24, 2.45) is 0 Å². The van der Waals surface area contributed by atoms with Crippen LogP contribution in [0.5, 0.6) is 0 Å². The smallest absolute Gasteiger partial charge is 0.271 e. The molecule has 0 atom stereocenters. The van der Waals surface area contributed by atoms with Crippen LogP contribution in [0, 0.1) is 0 Å². The summed E-state index contributed by atoms with van der Waals surface area (Å²) in [5.74, 6) is 0.157. The first-order chi connectivity index (χ1) is 6.77. The average Bonchev–Trinajstić information content (AvgIpc) is 2.26. The highest BCUT2D eigenvalue weighted by atomic mass is 19.1.